The van der Waals surface area contributed by atoms with Crippen LogP contribution in [0.1, 0.15) is 36.8 Å². The molecular weight excluding hydrogens is 302 g/mol. The first kappa shape index (κ1) is 17.2. The molecule has 0 spiro atoms. The number of carboxylic acids is 1. The van der Waals surface area contributed by atoms with Crippen LogP contribution < -0.4 is 0 Å². The Bertz CT molecular complexity index is 581. The smallest absolute Gasteiger partial charge is 0.306 e. The van der Waals surface area contributed by atoms with Gasteiger partial charge in [0.25, 0.3) is 0 Å². The highest BCUT2D eigenvalue weighted by Crippen LogP contribution is 2.46. The minimum atomic E-state index is -0.767. The van der Waals surface area contributed by atoms with Gasteiger partial charge in [0.05, 0.1) is 11.5 Å². The summed E-state index contributed by atoms with van der Waals surface area (Å²) in [6.07, 6.45) is 5.59. The predicted octanol–water partition coefficient (Wildman–Crippen LogP) is 2.85. The fourth-order valence-electron chi connectivity index (χ4n) is 4.14. The Labute approximate surface area is 143 Å². The Kier molecular flexibility index (Phi) is 5.07. The standard InChI is InChI=1S/C20H27NO3/c1-2-3-15-4-6-16(7-5-15)14-21-10-8-18(9-11-21)20(24)12-17(13-20)19(22)23/h2,4-7,17-18,24H,1,3,8-14H2,(H,22,23). The van der Waals surface area contributed by atoms with Gasteiger partial charge in [-0.25, -0.2) is 0 Å². The largest absolute Gasteiger partial charge is 0.481 e. The summed E-state index contributed by atoms with van der Waals surface area (Å²) in [7, 11) is 0. The van der Waals surface area contributed by atoms with E-state index in [1.54, 1.807) is 0 Å². The molecule has 0 bridgehead atoms. The van der Waals surface area contributed by atoms with Crippen molar-refractivity contribution < 1.29 is 15.0 Å². The maximum absolute atomic E-state index is 10.9. The van der Waals surface area contributed by atoms with Crippen molar-refractivity contribution in [3.63, 3.8) is 0 Å². The number of piperidine rings is 1. The molecule has 1 aromatic rings. The molecule has 1 saturated carbocycles. The van der Waals surface area contributed by atoms with Crippen LogP contribution in [0.4, 0.5) is 0 Å². The second kappa shape index (κ2) is 7.08. The number of hydrogen-bond donors (Lipinski definition) is 2. The topological polar surface area (TPSA) is 60.8 Å². The van der Waals surface area contributed by atoms with Crippen molar-refractivity contribution in [2.75, 3.05) is 13.1 Å². The minimum absolute atomic E-state index is 0.249. The van der Waals surface area contributed by atoms with Gasteiger partial charge in [0.2, 0.25) is 0 Å². The third-order valence-corrected chi connectivity index (χ3v) is 5.71. The molecule has 1 saturated heterocycles. The van der Waals surface area contributed by atoms with Crippen molar-refractivity contribution in [1.82, 2.24) is 4.90 Å². The fourth-order valence-corrected chi connectivity index (χ4v) is 4.14. The van der Waals surface area contributed by atoms with Crippen LogP contribution in [0.5, 0.6) is 0 Å². The molecule has 2 N–H and O–H groups in total. The van der Waals surface area contributed by atoms with Gasteiger partial charge in [0.1, 0.15) is 0 Å². The summed E-state index contributed by atoms with van der Waals surface area (Å²) in [5.41, 5.74) is 1.86. The number of nitrogens with zero attached hydrogens (tertiary/aromatic N) is 1. The second-order valence-corrected chi connectivity index (χ2v) is 7.41. The predicted molar refractivity (Wildman–Crippen MR) is 93.7 cm³/mol. The number of benzene rings is 1. The Morgan fingerprint density at radius 1 is 1.21 bits per heavy atom. The van der Waals surface area contributed by atoms with E-state index in [4.69, 9.17) is 5.11 Å². The van der Waals surface area contributed by atoms with Gasteiger partial charge in [-0.2, -0.15) is 0 Å². The summed E-state index contributed by atoms with van der Waals surface area (Å²) >= 11 is 0. The maximum atomic E-state index is 10.9. The highest BCUT2D eigenvalue weighted by molar-refractivity contribution is 5.71. The van der Waals surface area contributed by atoms with E-state index in [1.807, 2.05) is 6.08 Å². The van der Waals surface area contributed by atoms with Crippen LogP contribution in [0, 0.1) is 11.8 Å². The quantitative estimate of drug-likeness (QED) is 0.788. The molecular formula is C20H27NO3. The van der Waals surface area contributed by atoms with Crippen LogP contribution in [0.25, 0.3) is 0 Å². The molecule has 0 unspecified atom stereocenters. The average Bonchev–Trinajstić information content (AvgIpc) is 2.54. The first-order valence-electron chi connectivity index (χ1n) is 8.86. The zero-order chi connectivity index (χ0) is 17.2. The molecule has 3 rings (SSSR count). The number of allylic oxidation sites excluding steroid dienone is 1. The summed E-state index contributed by atoms with van der Waals surface area (Å²) in [6.45, 7) is 6.65. The van der Waals surface area contributed by atoms with E-state index in [1.165, 1.54) is 11.1 Å². The zero-order valence-corrected chi connectivity index (χ0v) is 14.2. The minimum Gasteiger partial charge on any atom is -0.481 e. The molecule has 1 heterocycles. The molecule has 4 heteroatoms. The summed E-state index contributed by atoms with van der Waals surface area (Å²) in [5, 5.41) is 19.6. The summed E-state index contributed by atoms with van der Waals surface area (Å²) in [5.74, 6) is -0.863. The molecule has 0 atom stereocenters. The highest BCUT2D eigenvalue weighted by Gasteiger charge is 2.51. The van der Waals surface area contributed by atoms with Crippen molar-refractivity contribution in [3.05, 3.63) is 48.0 Å². The number of carboxylic acid groups (broad SMARTS) is 1. The molecule has 2 fully saturated rings. The molecule has 1 aliphatic carbocycles. The normalized spacial score (nSPS) is 28.3. The number of hydrogen-bond acceptors (Lipinski definition) is 3. The Morgan fingerprint density at radius 3 is 2.33 bits per heavy atom. The van der Waals surface area contributed by atoms with Crippen LogP contribution in [0.2, 0.25) is 0 Å². The highest BCUT2D eigenvalue weighted by atomic mass is 16.4. The molecule has 2 aliphatic rings. The molecule has 1 aromatic carbocycles. The monoisotopic (exact) mass is 329 g/mol. The lowest BCUT2D eigenvalue weighted by molar-refractivity contribution is -0.170. The third kappa shape index (κ3) is 3.70. The first-order chi connectivity index (χ1) is 11.5. The van der Waals surface area contributed by atoms with E-state index < -0.39 is 11.6 Å². The Hall–Kier alpha value is -1.65. The van der Waals surface area contributed by atoms with Crippen LogP contribution in [-0.4, -0.2) is 39.8 Å². The summed E-state index contributed by atoms with van der Waals surface area (Å²) in [4.78, 5) is 13.4. The lowest BCUT2D eigenvalue weighted by Gasteiger charge is -2.49. The van der Waals surface area contributed by atoms with E-state index in [2.05, 4.69) is 35.7 Å². The fraction of sp³-hybridized carbons (Fsp3) is 0.550. The zero-order valence-electron chi connectivity index (χ0n) is 14.2. The molecule has 1 aliphatic heterocycles. The first-order valence-corrected chi connectivity index (χ1v) is 8.86. The lowest BCUT2D eigenvalue weighted by atomic mass is 9.62. The Balaban J connectivity index is 1.47. The second-order valence-electron chi connectivity index (χ2n) is 7.41. The van der Waals surface area contributed by atoms with E-state index in [-0.39, 0.29) is 11.8 Å². The van der Waals surface area contributed by atoms with Gasteiger partial charge >= 0.3 is 5.97 Å². The Morgan fingerprint density at radius 2 is 1.79 bits per heavy atom. The van der Waals surface area contributed by atoms with Gasteiger partial charge in [-0.15, -0.1) is 6.58 Å². The van der Waals surface area contributed by atoms with Crippen molar-refractivity contribution in [3.8, 4) is 0 Å². The molecule has 0 radical (unpaired) electrons. The molecule has 24 heavy (non-hydrogen) atoms. The van der Waals surface area contributed by atoms with E-state index in [9.17, 15) is 9.90 Å². The lowest BCUT2D eigenvalue weighted by Crippen LogP contribution is -2.54. The van der Waals surface area contributed by atoms with Gasteiger partial charge in [0.15, 0.2) is 0 Å². The number of aliphatic hydroxyl groups is 1. The summed E-state index contributed by atoms with van der Waals surface area (Å²) in [6, 6.07) is 8.68. The van der Waals surface area contributed by atoms with Crippen molar-refractivity contribution in [1.29, 1.82) is 0 Å². The van der Waals surface area contributed by atoms with Gasteiger partial charge < -0.3 is 10.2 Å². The molecule has 0 amide bonds. The molecule has 130 valence electrons. The van der Waals surface area contributed by atoms with E-state index >= 15 is 0 Å². The number of aliphatic carboxylic acids is 1. The number of likely N-dealkylation sites (tertiary alicyclic amines) is 1. The van der Waals surface area contributed by atoms with Crippen molar-refractivity contribution >= 4 is 5.97 Å². The summed E-state index contributed by atoms with van der Waals surface area (Å²) < 4.78 is 0. The van der Waals surface area contributed by atoms with Crippen LogP contribution in [0.15, 0.2) is 36.9 Å². The third-order valence-electron chi connectivity index (χ3n) is 5.71. The van der Waals surface area contributed by atoms with Crippen LogP contribution >= 0.6 is 0 Å². The molecule has 4 nitrogen and oxygen atoms in total. The van der Waals surface area contributed by atoms with Gasteiger partial charge in [0, 0.05) is 6.54 Å². The van der Waals surface area contributed by atoms with Gasteiger partial charge in [-0.05, 0) is 62.2 Å². The average molecular weight is 329 g/mol. The maximum Gasteiger partial charge on any atom is 0.306 e. The molecule has 0 aromatic heterocycles. The van der Waals surface area contributed by atoms with Crippen molar-refractivity contribution in [2.24, 2.45) is 11.8 Å². The van der Waals surface area contributed by atoms with Crippen molar-refractivity contribution in [2.45, 2.75) is 44.2 Å². The van der Waals surface area contributed by atoms with Crippen LogP contribution in [-0.2, 0) is 17.8 Å². The van der Waals surface area contributed by atoms with E-state index in [0.29, 0.717) is 12.8 Å². The van der Waals surface area contributed by atoms with Crippen LogP contribution in [0.3, 0.4) is 0 Å². The number of rotatable bonds is 6. The SMILES string of the molecule is C=CCc1ccc(CN2CCC(C3(O)CC(C(=O)O)C3)CC2)cc1. The van der Waals surface area contributed by atoms with E-state index in [0.717, 1.165) is 38.9 Å². The number of carbonyl (C=O) groups is 1. The van der Waals surface area contributed by atoms with Gasteiger partial charge in [-0.3, -0.25) is 9.69 Å². The van der Waals surface area contributed by atoms with Gasteiger partial charge in [-0.1, -0.05) is 30.3 Å².